The predicted molar refractivity (Wildman–Crippen MR) is 117 cm³/mol. The molecule has 5 heteroatoms. The Kier molecular flexibility index (Phi) is 6.65. The van der Waals surface area contributed by atoms with Crippen LogP contribution in [0.25, 0.3) is 0 Å². The number of carbonyl (C=O) groups is 1. The Labute approximate surface area is 177 Å². The minimum absolute atomic E-state index is 0.0156. The molecule has 0 aliphatic carbocycles. The van der Waals surface area contributed by atoms with Gasteiger partial charge >= 0.3 is 0 Å². The molecule has 0 spiro atoms. The number of ether oxygens (including phenoxy) is 1. The van der Waals surface area contributed by atoms with E-state index in [9.17, 15) is 4.79 Å². The lowest BCUT2D eigenvalue weighted by Crippen LogP contribution is -2.47. The summed E-state index contributed by atoms with van der Waals surface area (Å²) in [6.07, 6.45) is 2.05. The van der Waals surface area contributed by atoms with Crippen molar-refractivity contribution in [2.24, 2.45) is 0 Å². The molecule has 3 rings (SSSR count). The number of amides is 1. The highest BCUT2D eigenvalue weighted by molar-refractivity contribution is 6.30. The van der Waals surface area contributed by atoms with Crippen molar-refractivity contribution < 1.29 is 9.53 Å². The fourth-order valence-electron chi connectivity index (χ4n) is 3.14. The highest BCUT2D eigenvalue weighted by Gasteiger charge is 2.27. The van der Waals surface area contributed by atoms with Crippen LogP contribution in [0.15, 0.2) is 72.9 Å². The van der Waals surface area contributed by atoms with Crippen LogP contribution < -0.4 is 4.74 Å². The molecule has 0 unspecified atom stereocenters. The van der Waals surface area contributed by atoms with Crippen LogP contribution in [0.5, 0.6) is 5.75 Å². The van der Waals surface area contributed by atoms with E-state index in [1.807, 2.05) is 49.9 Å². The van der Waals surface area contributed by atoms with E-state index in [1.54, 1.807) is 24.3 Å². The fraction of sp³-hybridized carbons (Fsp3) is 0.292. The molecule has 0 radical (unpaired) electrons. The molecule has 0 aliphatic heterocycles. The van der Waals surface area contributed by atoms with E-state index in [1.165, 1.54) is 5.56 Å². The SMILES string of the molecule is CC(C)(C)N(Cc1cccn1Cc1ccccc1)C(=O)COc1ccc(Cl)cc1. The average Bonchev–Trinajstić information content (AvgIpc) is 3.12. The molecule has 0 N–H and O–H groups in total. The summed E-state index contributed by atoms with van der Waals surface area (Å²) in [5.74, 6) is 0.573. The van der Waals surface area contributed by atoms with Crippen LogP contribution in [0, 0.1) is 0 Å². The van der Waals surface area contributed by atoms with Gasteiger partial charge in [-0.25, -0.2) is 0 Å². The Hall–Kier alpha value is -2.72. The lowest BCUT2D eigenvalue weighted by atomic mass is 10.1. The molecule has 1 heterocycles. The maximum atomic E-state index is 13.0. The Bertz CT molecular complexity index is 928. The first kappa shape index (κ1) is 21.0. The van der Waals surface area contributed by atoms with E-state index in [0.717, 1.165) is 12.2 Å². The lowest BCUT2D eigenvalue weighted by molar-refractivity contribution is -0.139. The van der Waals surface area contributed by atoms with Crippen molar-refractivity contribution >= 4 is 17.5 Å². The number of halogens is 1. The molecule has 0 saturated heterocycles. The number of hydrogen-bond acceptors (Lipinski definition) is 2. The zero-order valence-corrected chi connectivity index (χ0v) is 17.9. The van der Waals surface area contributed by atoms with E-state index in [2.05, 4.69) is 29.0 Å². The summed E-state index contributed by atoms with van der Waals surface area (Å²) in [7, 11) is 0. The van der Waals surface area contributed by atoms with Crippen molar-refractivity contribution in [3.63, 3.8) is 0 Å². The second kappa shape index (κ2) is 9.19. The highest BCUT2D eigenvalue weighted by Crippen LogP contribution is 2.20. The number of nitrogens with zero attached hydrogens (tertiary/aromatic N) is 2. The molecule has 0 atom stereocenters. The van der Waals surface area contributed by atoms with Crippen molar-refractivity contribution in [2.45, 2.75) is 39.4 Å². The van der Waals surface area contributed by atoms with Gasteiger partial charge in [-0.15, -0.1) is 0 Å². The molecule has 4 nitrogen and oxygen atoms in total. The standard InChI is InChI=1S/C24H27ClN2O2/c1-24(2,3)27(23(28)18-29-22-13-11-20(25)12-14-22)17-21-10-7-15-26(21)16-19-8-5-4-6-9-19/h4-15H,16-18H2,1-3H3. The molecule has 0 bridgehead atoms. The quantitative estimate of drug-likeness (QED) is 0.523. The van der Waals surface area contributed by atoms with Crippen molar-refractivity contribution in [1.29, 1.82) is 0 Å². The van der Waals surface area contributed by atoms with Gasteiger partial charge in [0.15, 0.2) is 6.61 Å². The van der Waals surface area contributed by atoms with Gasteiger partial charge in [0, 0.05) is 29.0 Å². The summed E-state index contributed by atoms with van der Waals surface area (Å²) in [6.45, 7) is 7.40. The van der Waals surface area contributed by atoms with Crippen LogP contribution >= 0.6 is 11.6 Å². The molecule has 1 aromatic heterocycles. The van der Waals surface area contributed by atoms with Crippen molar-refractivity contribution in [1.82, 2.24) is 9.47 Å². The largest absolute Gasteiger partial charge is 0.484 e. The first-order valence-corrected chi connectivity index (χ1v) is 10.1. The van der Waals surface area contributed by atoms with Gasteiger partial charge in [0.1, 0.15) is 5.75 Å². The summed E-state index contributed by atoms with van der Waals surface area (Å²) in [6, 6.07) is 21.4. The molecular weight excluding hydrogens is 384 g/mol. The molecule has 2 aromatic carbocycles. The van der Waals surface area contributed by atoms with E-state index in [0.29, 0.717) is 17.3 Å². The maximum Gasteiger partial charge on any atom is 0.261 e. The lowest BCUT2D eigenvalue weighted by Gasteiger charge is -2.36. The van der Waals surface area contributed by atoms with Gasteiger partial charge in [-0.2, -0.15) is 0 Å². The van der Waals surface area contributed by atoms with Crippen LogP contribution in [-0.4, -0.2) is 27.5 Å². The molecule has 0 fully saturated rings. The molecule has 3 aromatic rings. The first-order valence-electron chi connectivity index (χ1n) is 9.70. The molecule has 1 amide bonds. The molecular formula is C24H27ClN2O2. The third-order valence-electron chi connectivity index (χ3n) is 4.73. The number of aromatic nitrogens is 1. The number of benzene rings is 2. The summed E-state index contributed by atoms with van der Waals surface area (Å²) in [5, 5.41) is 0.638. The van der Waals surface area contributed by atoms with E-state index in [-0.39, 0.29) is 18.1 Å². The predicted octanol–water partition coefficient (Wildman–Crippen LogP) is 5.40. The molecule has 152 valence electrons. The fourth-order valence-corrected chi connectivity index (χ4v) is 3.27. The van der Waals surface area contributed by atoms with Crippen molar-refractivity contribution in [3.8, 4) is 5.75 Å². The third kappa shape index (κ3) is 5.88. The zero-order chi connectivity index (χ0) is 20.9. The van der Waals surface area contributed by atoms with Crippen LogP contribution in [0.3, 0.4) is 0 Å². The minimum atomic E-state index is -0.331. The van der Waals surface area contributed by atoms with Gasteiger partial charge in [0.05, 0.1) is 6.54 Å². The van der Waals surface area contributed by atoms with E-state index in [4.69, 9.17) is 16.3 Å². The summed E-state index contributed by atoms with van der Waals surface area (Å²) >= 11 is 5.90. The minimum Gasteiger partial charge on any atom is -0.484 e. The summed E-state index contributed by atoms with van der Waals surface area (Å²) in [5.41, 5.74) is 1.98. The topological polar surface area (TPSA) is 34.5 Å². The zero-order valence-electron chi connectivity index (χ0n) is 17.1. The highest BCUT2D eigenvalue weighted by atomic mass is 35.5. The number of rotatable bonds is 7. The van der Waals surface area contributed by atoms with Gasteiger partial charge in [0.25, 0.3) is 5.91 Å². The molecule has 0 saturated carbocycles. The Balaban J connectivity index is 1.70. The van der Waals surface area contributed by atoms with Crippen LogP contribution in [-0.2, 0) is 17.9 Å². The van der Waals surface area contributed by atoms with Gasteiger partial charge in [-0.3, -0.25) is 4.79 Å². The van der Waals surface area contributed by atoms with E-state index >= 15 is 0 Å². The van der Waals surface area contributed by atoms with Crippen molar-refractivity contribution in [3.05, 3.63) is 89.2 Å². The monoisotopic (exact) mass is 410 g/mol. The molecule has 0 aliphatic rings. The average molecular weight is 411 g/mol. The van der Waals surface area contributed by atoms with Gasteiger partial charge in [0.2, 0.25) is 0 Å². The first-order chi connectivity index (χ1) is 13.8. The van der Waals surface area contributed by atoms with Crippen LogP contribution in [0.4, 0.5) is 0 Å². The normalized spacial score (nSPS) is 11.3. The Morgan fingerprint density at radius 3 is 2.34 bits per heavy atom. The number of hydrogen-bond donors (Lipinski definition) is 0. The number of carbonyl (C=O) groups excluding carboxylic acids is 1. The van der Waals surface area contributed by atoms with Gasteiger partial charge in [-0.1, -0.05) is 41.9 Å². The van der Waals surface area contributed by atoms with Gasteiger partial charge < -0.3 is 14.2 Å². The second-order valence-corrected chi connectivity index (χ2v) is 8.44. The Morgan fingerprint density at radius 1 is 1.00 bits per heavy atom. The Morgan fingerprint density at radius 2 is 1.69 bits per heavy atom. The smallest absolute Gasteiger partial charge is 0.261 e. The van der Waals surface area contributed by atoms with Crippen molar-refractivity contribution in [2.75, 3.05) is 6.61 Å². The molecule has 29 heavy (non-hydrogen) atoms. The summed E-state index contributed by atoms with van der Waals surface area (Å²) < 4.78 is 7.87. The second-order valence-electron chi connectivity index (χ2n) is 8.01. The van der Waals surface area contributed by atoms with Crippen LogP contribution in [0.2, 0.25) is 5.02 Å². The summed E-state index contributed by atoms with van der Waals surface area (Å²) in [4.78, 5) is 14.9. The maximum absolute atomic E-state index is 13.0. The van der Waals surface area contributed by atoms with E-state index < -0.39 is 0 Å². The van der Waals surface area contributed by atoms with Crippen LogP contribution in [0.1, 0.15) is 32.0 Å². The van der Waals surface area contributed by atoms with Gasteiger partial charge in [-0.05, 0) is 62.7 Å². The third-order valence-corrected chi connectivity index (χ3v) is 4.98.